The molecule has 2 saturated heterocycles. The highest BCUT2D eigenvalue weighted by atomic mass is 32.1. The van der Waals surface area contributed by atoms with Crippen LogP contribution in [0.2, 0.25) is 0 Å². The van der Waals surface area contributed by atoms with E-state index in [2.05, 4.69) is 8.75 Å². The highest BCUT2D eigenvalue weighted by molar-refractivity contribution is 7.00. The van der Waals surface area contributed by atoms with Gasteiger partial charge >= 0.3 is 0 Å². The van der Waals surface area contributed by atoms with Crippen LogP contribution in [0.4, 0.5) is 0 Å². The predicted molar refractivity (Wildman–Crippen MR) is 95.1 cm³/mol. The van der Waals surface area contributed by atoms with Gasteiger partial charge in [-0.25, -0.2) is 0 Å². The van der Waals surface area contributed by atoms with Crippen LogP contribution >= 0.6 is 11.7 Å². The maximum atomic E-state index is 12.9. The van der Waals surface area contributed by atoms with E-state index in [9.17, 15) is 9.59 Å². The van der Waals surface area contributed by atoms with Crippen LogP contribution < -0.4 is 0 Å². The topological polar surface area (TPSA) is 84.9 Å². The van der Waals surface area contributed by atoms with Gasteiger partial charge in [0, 0.05) is 25.2 Å². The Kier molecular flexibility index (Phi) is 4.60. The van der Waals surface area contributed by atoms with Crippen molar-refractivity contribution in [2.45, 2.75) is 12.5 Å². The molecule has 2 aliphatic rings. The molecule has 2 aromatic rings. The minimum atomic E-state index is -1.03. The van der Waals surface area contributed by atoms with Gasteiger partial charge in [0.1, 0.15) is 11.0 Å². The van der Waals surface area contributed by atoms with Crippen LogP contribution in [0.1, 0.15) is 17.3 Å². The second-order valence-electron chi connectivity index (χ2n) is 6.68. The van der Waals surface area contributed by atoms with Crippen LogP contribution in [-0.4, -0.2) is 82.0 Å². The number of ether oxygens (including phenoxy) is 2. The summed E-state index contributed by atoms with van der Waals surface area (Å²) in [6.45, 7) is 4.96. The molecule has 3 heterocycles. The van der Waals surface area contributed by atoms with Crippen LogP contribution in [0.5, 0.6) is 0 Å². The van der Waals surface area contributed by atoms with Crippen molar-refractivity contribution in [3.8, 4) is 0 Å². The molecule has 2 fully saturated rings. The zero-order valence-electron chi connectivity index (χ0n) is 14.5. The van der Waals surface area contributed by atoms with E-state index < -0.39 is 5.60 Å². The van der Waals surface area contributed by atoms with E-state index in [4.69, 9.17) is 9.47 Å². The van der Waals surface area contributed by atoms with Gasteiger partial charge in [0.25, 0.3) is 11.8 Å². The monoisotopic (exact) mass is 376 g/mol. The molecule has 0 saturated carbocycles. The largest absolute Gasteiger partial charge is 0.378 e. The van der Waals surface area contributed by atoms with Crippen molar-refractivity contribution < 1.29 is 19.1 Å². The number of hydrogen-bond donors (Lipinski definition) is 0. The minimum Gasteiger partial charge on any atom is -0.378 e. The molecule has 0 radical (unpaired) electrons. The molecule has 2 aliphatic heterocycles. The summed E-state index contributed by atoms with van der Waals surface area (Å²) < 4.78 is 19.5. The molecule has 0 spiro atoms. The lowest BCUT2D eigenvalue weighted by atomic mass is 10.0. The maximum absolute atomic E-state index is 12.9. The van der Waals surface area contributed by atoms with Gasteiger partial charge in [-0.2, -0.15) is 8.75 Å². The lowest BCUT2D eigenvalue weighted by Crippen LogP contribution is -2.61. The number of benzene rings is 1. The fourth-order valence-corrected chi connectivity index (χ4v) is 3.89. The summed E-state index contributed by atoms with van der Waals surface area (Å²) in [7, 11) is 0. The number of rotatable bonds is 2. The smallest absolute Gasteiger partial charge is 0.256 e. The molecule has 0 N–H and O–H groups in total. The number of amides is 2. The zero-order chi connectivity index (χ0) is 18.1. The minimum absolute atomic E-state index is 0.0857. The molecule has 9 heteroatoms. The van der Waals surface area contributed by atoms with Gasteiger partial charge in [-0.05, 0) is 25.1 Å². The predicted octanol–water partition coefficient (Wildman–Crippen LogP) is 0.781. The summed E-state index contributed by atoms with van der Waals surface area (Å²) in [6, 6.07) is 5.30. The zero-order valence-corrected chi connectivity index (χ0v) is 15.3. The molecule has 4 rings (SSSR count). The van der Waals surface area contributed by atoms with E-state index in [-0.39, 0.29) is 18.4 Å². The molecule has 8 nitrogen and oxygen atoms in total. The third-order valence-corrected chi connectivity index (χ3v) is 5.37. The van der Waals surface area contributed by atoms with Gasteiger partial charge in [0.2, 0.25) is 0 Å². The molecule has 1 atom stereocenters. The lowest BCUT2D eigenvalue weighted by molar-refractivity contribution is -0.168. The molecule has 0 bridgehead atoms. The van der Waals surface area contributed by atoms with Crippen molar-refractivity contribution in [2.24, 2.45) is 0 Å². The fourth-order valence-electron chi connectivity index (χ4n) is 3.37. The van der Waals surface area contributed by atoms with Gasteiger partial charge in [-0.3, -0.25) is 9.59 Å². The summed E-state index contributed by atoms with van der Waals surface area (Å²) in [5.41, 5.74) is 1.01. The quantitative estimate of drug-likeness (QED) is 0.770. The molecule has 1 aromatic carbocycles. The third kappa shape index (κ3) is 3.17. The Bertz CT molecular complexity index is 835. The SMILES string of the molecule is CC1(C(=O)N2CCOCC2)CN(C(=O)c2ccc3nsnc3c2)CCO1. The first-order chi connectivity index (χ1) is 12.6. The van der Waals surface area contributed by atoms with Crippen molar-refractivity contribution in [1.29, 1.82) is 0 Å². The van der Waals surface area contributed by atoms with E-state index >= 15 is 0 Å². The Balaban J connectivity index is 1.51. The standard InChI is InChI=1S/C17H20N4O4S/c1-17(16(23)20-4-7-24-8-5-20)11-21(6-9-25-17)15(22)12-2-3-13-14(10-12)19-26-18-13/h2-3,10H,4-9,11H2,1H3. The number of morpholine rings is 2. The Morgan fingerprint density at radius 2 is 1.81 bits per heavy atom. The molecule has 0 aliphatic carbocycles. The molecule has 138 valence electrons. The fraction of sp³-hybridized carbons (Fsp3) is 0.529. The van der Waals surface area contributed by atoms with Crippen molar-refractivity contribution in [3.63, 3.8) is 0 Å². The average molecular weight is 376 g/mol. The molecule has 1 aromatic heterocycles. The Hall–Kier alpha value is -2.10. The van der Waals surface area contributed by atoms with Gasteiger partial charge in [-0.1, -0.05) is 0 Å². The summed E-state index contributed by atoms with van der Waals surface area (Å²) in [4.78, 5) is 29.3. The first-order valence-electron chi connectivity index (χ1n) is 8.59. The van der Waals surface area contributed by atoms with Crippen molar-refractivity contribution in [3.05, 3.63) is 23.8 Å². The van der Waals surface area contributed by atoms with Gasteiger partial charge in [-0.15, -0.1) is 0 Å². The second kappa shape index (κ2) is 6.90. The molecular weight excluding hydrogens is 356 g/mol. The number of fused-ring (bicyclic) bond motifs is 1. The molecule has 26 heavy (non-hydrogen) atoms. The summed E-state index contributed by atoms with van der Waals surface area (Å²) in [6.07, 6.45) is 0. The van der Waals surface area contributed by atoms with E-state index in [1.165, 1.54) is 0 Å². The van der Waals surface area contributed by atoms with Gasteiger partial charge < -0.3 is 19.3 Å². The molecular formula is C17H20N4O4S. The highest BCUT2D eigenvalue weighted by Gasteiger charge is 2.43. The summed E-state index contributed by atoms with van der Waals surface area (Å²) in [5.74, 6) is -0.207. The van der Waals surface area contributed by atoms with Crippen LogP contribution in [-0.2, 0) is 14.3 Å². The normalized spacial score (nSPS) is 24.0. The van der Waals surface area contributed by atoms with E-state index in [1.54, 1.807) is 34.9 Å². The van der Waals surface area contributed by atoms with Gasteiger partial charge in [0.05, 0.1) is 38.1 Å². The van der Waals surface area contributed by atoms with E-state index in [0.717, 1.165) is 17.2 Å². The van der Waals surface area contributed by atoms with Crippen LogP contribution in [0.15, 0.2) is 18.2 Å². The van der Waals surface area contributed by atoms with Crippen molar-refractivity contribution in [1.82, 2.24) is 18.5 Å². The van der Waals surface area contributed by atoms with Crippen molar-refractivity contribution >= 4 is 34.6 Å². The van der Waals surface area contributed by atoms with Crippen LogP contribution in [0.3, 0.4) is 0 Å². The highest BCUT2D eigenvalue weighted by Crippen LogP contribution is 2.23. The first-order valence-corrected chi connectivity index (χ1v) is 9.32. The Labute approximate surface area is 155 Å². The van der Waals surface area contributed by atoms with E-state index in [0.29, 0.717) is 50.5 Å². The van der Waals surface area contributed by atoms with Crippen LogP contribution in [0.25, 0.3) is 11.0 Å². The first kappa shape index (κ1) is 17.3. The summed E-state index contributed by atoms with van der Waals surface area (Å²) >= 11 is 1.12. The number of aromatic nitrogens is 2. The van der Waals surface area contributed by atoms with Crippen molar-refractivity contribution in [2.75, 3.05) is 46.0 Å². The second-order valence-corrected chi connectivity index (χ2v) is 7.21. The lowest BCUT2D eigenvalue weighted by Gasteiger charge is -2.42. The Morgan fingerprint density at radius 3 is 2.62 bits per heavy atom. The van der Waals surface area contributed by atoms with E-state index in [1.807, 2.05) is 0 Å². The number of hydrogen-bond acceptors (Lipinski definition) is 7. The maximum Gasteiger partial charge on any atom is 0.256 e. The number of carbonyl (C=O) groups excluding carboxylic acids is 2. The van der Waals surface area contributed by atoms with Crippen LogP contribution in [0, 0.1) is 0 Å². The molecule has 2 amide bonds. The summed E-state index contributed by atoms with van der Waals surface area (Å²) in [5, 5.41) is 0. The van der Waals surface area contributed by atoms with Gasteiger partial charge in [0.15, 0.2) is 5.60 Å². The number of carbonyl (C=O) groups is 2. The third-order valence-electron chi connectivity index (χ3n) is 4.81. The average Bonchev–Trinajstić information content (AvgIpc) is 3.15. The number of nitrogens with zero attached hydrogens (tertiary/aromatic N) is 4. The molecule has 1 unspecified atom stereocenters. The Morgan fingerprint density at radius 1 is 1.08 bits per heavy atom.